The fraction of sp³-hybridized carbons (Fsp3) is 0.222. The highest BCUT2D eigenvalue weighted by atomic mass is 16.4. The zero-order chi connectivity index (χ0) is 16.3. The molecule has 4 heteroatoms. The van der Waals surface area contributed by atoms with Gasteiger partial charge in [0, 0.05) is 0 Å². The Hall–Kier alpha value is -2.62. The van der Waals surface area contributed by atoms with E-state index in [1.54, 1.807) is 24.3 Å². The van der Waals surface area contributed by atoms with Gasteiger partial charge in [-0.1, -0.05) is 38.1 Å². The highest BCUT2D eigenvalue weighted by Crippen LogP contribution is 2.26. The minimum Gasteiger partial charge on any atom is -0.478 e. The minimum atomic E-state index is -0.970. The molecule has 0 radical (unpaired) electrons. The average Bonchev–Trinajstić information content (AvgIpc) is 2.53. The normalized spacial score (nSPS) is 10.5. The highest BCUT2D eigenvalue weighted by molar-refractivity contribution is 5.93. The molecule has 0 aliphatic heterocycles. The summed E-state index contributed by atoms with van der Waals surface area (Å²) in [7, 11) is 0. The summed E-state index contributed by atoms with van der Waals surface area (Å²) in [5.74, 6) is -1.94. The number of carboxylic acid groups (broad SMARTS) is 2. The maximum absolute atomic E-state index is 11.3. The van der Waals surface area contributed by atoms with Crippen molar-refractivity contribution in [2.45, 2.75) is 26.7 Å². The lowest BCUT2D eigenvalue weighted by Gasteiger charge is -2.10. The first-order chi connectivity index (χ1) is 10.5. The molecule has 2 N–H and O–H groups in total. The van der Waals surface area contributed by atoms with Crippen molar-refractivity contribution in [2.75, 3.05) is 0 Å². The Morgan fingerprint density at radius 2 is 1.14 bits per heavy atom. The molecule has 0 bridgehead atoms. The zero-order valence-electron chi connectivity index (χ0n) is 12.6. The van der Waals surface area contributed by atoms with Gasteiger partial charge in [-0.3, -0.25) is 0 Å². The Morgan fingerprint density at radius 1 is 0.773 bits per heavy atom. The summed E-state index contributed by atoms with van der Waals surface area (Å²) in [6, 6.07) is 10.4. The molecule has 0 atom stereocenters. The van der Waals surface area contributed by atoms with E-state index >= 15 is 0 Å². The van der Waals surface area contributed by atoms with Crippen molar-refractivity contribution in [3.8, 4) is 11.1 Å². The Balaban J connectivity index is 2.57. The van der Waals surface area contributed by atoms with Gasteiger partial charge in [-0.15, -0.1) is 0 Å². The van der Waals surface area contributed by atoms with E-state index in [0.29, 0.717) is 24.0 Å². The molecule has 22 heavy (non-hydrogen) atoms. The van der Waals surface area contributed by atoms with Gasteiger partial charge >= 0.3 is 11.9 Å². The summed E-state index contributed by atoms with van der Waals surface area (Å²) in [5, 5.41) is 18.6. The van der Waals surface area contributed by atoms with Crippen LogP contribution < -0.4 is 0 Å². The van der Waals surface area contributed by atoms with E-state index in [4.69, 9.17) is 0 Å². The third-order valence-electron chi connectivity index (χ3n) is 3.78. The molecule has 114 valence electrons. The fourth-order valence-corrected chi connectivity index (χ4v) is 2.53. The van der Waals surface area contributed by atoms with E-state index in [9.17, 15) is 19.8 Å². The summed E-state index contributed by atoms with van der Waals surface area (Å²) in [5.41, 5.74) is 3.46. The number of hydrogen-bond acceptors (Lipinski definition) is 2. The molecule has 0 saturated heterocycles. The lowest BCUT2D eigenvalue weighted by Crippen LogP contribution is -2.03. The van der Waals surface area contributed by atoms with E-state index in [1.807, 2.05) is 26.0 Å². The summed E-state index contributed by atoms with van der Waals surface area (Å²) in [6.07, 6.45) is 1.27. The first-order valence-corrected chi connectivity index (χ1v) is 7.20. The van der Waals surface area contributed by atoms with Crippen LogP contribution in [0.4, 0.5) is 0 Å². The van der Waals surface area contributed by atoms with Crippen molar-refractivity contribution >= 4 is 11.9 Å². The number of aromatic carboxylic acids is 2. The summed E-state index contributed by atoms with van der Waals surface area (Å²) in [4.78, 5) is 22.7. The Kier molecular flexibility index (Phi) is 4.61. The van der Waals surface area contributed by atoms with E-state index in [1.165, 1.54) is 0 Å². The average molecular weight is 298 g/mol. The number of benzene rings is 2. The van der Waals surface area contributed by atoms with E-state index in [-0.39, 0.29) is 11.1 Å². The molecule has 0 aliphatic carbocycles. The van der Waals surface area contributed by atoms with E-state index in [2.05, 4.69) is 0 Å². The minimum absolute atomic E-state index is 0.261. The van der Waals surface area contributed by atoms with E-state index < -0.39 is 11.9 Å². The molecule has 0 aromatic heterocycles. The van der Waals surface area contributed by atoms with Crippen molar-refractivity contribution in [2.24, 2.45) is 0 Å². The van der Waals surface area contributed by atoms with Crippen LogP contribution in [0, 0.1) is 0 Å². The first-order valence-electron chi connectivity index (χ1n) is 7.20. The molecule has 0 amide bonds. The topological polar surface area (TPSA) is 74.6 Å². The van der Waals surface area contributed by atoms with Crippen molar-refractivity contribution in [1.29, 1.82) is 0 Å². The lowest BCUT2D eigenvalue weighted by atomic mass is 9.94. The standard InChI is InChI=1S/C18H18O4/c1-3-11-5-7-13(9-15(11)17(19)20)14-8-6-12(4-2)16(10-14)18(21)22/h5-10H,3-4H2,1-2H3,(H,19,20)(H,21,22). The highest BCUT2D eigenvalue weighted by Gasteiger charge is 2.13. The molecular formula is C18H18O4. The third kappa shape index (κ3) is 3.01. The van der Waals surface area contributed by atoms with Crippen LogP contribution in [0.2, 0.25) is 0 Å². The second-order valence-corrected chi connectivity index (χ2v) is 5.06. The number of carboxylic acids is 2. The number of hydrogen-bond donors (Lipinski definition) is 2. The molecule has 2 aromatic carbocycles. The van der Waals surface area contributed by atoms with Gasteiger partial charge in [-0.25, -0.2) is 9.59 Å². The SMILES string of the molecule is CCc1ccc(-c2ccc(CC)c(C(=O)O)c2)cc1C(=O)O. The molecule has 0 unspecified atom stereocenters. The van der Waals surface area contributed by atoms with Crippen LogP contribution >= 0.6 is 0 Å². The molecule has 4 nitrogen and oxygen atoms in total. The van der Waals surface area contributed by atoms with Crippen LogP contribution in [0.25, 0.3) is 11.1 Å². The van der Waals surface area contributed by atoms with Gasteiger partial charge in [-0.05, 0) is 47.2 Å². The first kappa shape index (κ1) is 15.8. The van der Waals surface area contributed by atoms with Crippen molar-refractivity contribution in [3.63, 3.8) is 0 Å². The molecule has 0 heterocycles. The van der Waals surface area contributed by atoms with Gasteiger partial charge in [0.2, 0.25) is 0 Å². The molecule has 0 aliphatic rings. The van der Waals surface area contributed by atoms with Crippen LogP contribution in [0.15, 0.2) is 36.4 Å². The Morgan fingerprint density at radius 3 is 1.41 bits per heavy atom. The summed E-state index contributed by atoms with van der Waals surface area (Å²) in [6.45, 7) is 3.81. The number of aryl methyl sites for hydroxylation is 2. The maximum atomic E-state index is 11.3. The van der Waals surface area contributed by atoms with Gasteiger partial charge in [0.1, 0.15) is 0 Å². The van der Waals surface area contributed by atoms with Crippen molar-refractivity contribution in [3.05, 3.63) is 58.7 Å². The van der Waals surface area contributed by atoms with Crippen molar-refractivity contribution < 1.29 is 19.8 Å². The third-order valence-corrected chi connectivity index (χ3v) is 3.78. The van der Waals surface area contributed by atoms with Crippen LogP contribution in [0.1, 0.15) is 45.7 Å². The van der Waals surface area contributed by atoms with Crippen LogP contribution in [0.3, 0.4) is 0 Å². The van der Waals surface area contributed by atoms with Gasteiger partial charge in [-0.2, -0.15) is 0 Å². The van der Waals surface area contributed by atoms with E-state index in [0.717, 1.165) is 11.1 Å². The van der Waals surface area contributed by atoms with Gasteiger partial charge in [0.05, 0.1) is 11.1 Å². The Labute approximate surface area is 129 Å². The van der Waals surface area contributed by atoms with Gasteiger partial charge in [0.15, 0.2) is 0 Å². The fourth-order valence-electron chi connectivity index (χ4n) is 2.53. The van der Waals surface area contributed by atoms with Gasteiger partial charge < -0.3 is 10.2 Å². The predicted octanol–water partition coefficient (Wildman–Crippen LogP) is 3.87. The molecular weight excluding hydrogens is 280 g/mol. The number of rotatable bonds is 5. The molecule has 0 spiro atoms. The van der Waals surface area contributed by atoms with Gasteiger partial charge in [0.25, 0.3) is 0 Å². The molecule has 2 rings (SSSR count). The molecule has 0 fully saturated rings. The monoisotopic (exact) mass is 298 g/mol. The Bertz CT molecular complexity index is 668. The summed E-state index contributed by atoms with van der Waals surface area (Å²) >= 11 is 0. The largest absolute Gasteiger partial charge is 0.478 e. The second-order valence-electron chi connectivity index (χ2n) is 5.06. The quantitative estimate of drug-likeness (QED) is 0.878. The van der Waals surface area contributed by atoms with Crippen molar-refractivity contribution in [1.82, 2.24) is 0 Å². The van der Waals surface area contributed by atoms with Crippen LogP contribution in [0.5, 0.6) is 0 Å². The molecule has 0 saturated carbocycles. The van der Waals surface area contributed by atoms with Crippen LogP contribution in [-0.4, -0.2) is 22.2 Å². The zero-order valence-corrected chi connectivity index (χ0v) is 12.6. The smallest absolute Gasteiger partial charge is 0.335 e. The van der Waals surface area contributed by atoms with Crippen LogP contribution in [-0.2, 0) is 12.8 Å². The number of carbonyl (C=O) groups is 2. The molecule has 2 aromatic rings. The predicted molar refractivity (Wildman–Crippen MR) is 84.6 cm³/mol. The second kappa shape index (κ2) is 6.43. The maximum Gasteiger partial charge on any atom is 0.335 e. The lowest BCUT2D eigenvalue weighted by molar-refractivity contribution is 0.0684. The summed E-state index contributed by atoms with van der Waals surface area (Å²) < 4.78 is 0.